The fraction of sp³-hybridized carbons (Fsp3) is 0.684. The third kappa shape index (κ3) is 5.38. The first-order valence-electron chi connectivity index (χ1n) is 8.45. The van der Waals surface area contributed by atoms with E-state index in [1.165, 1.54) is 5.56 Å². The smallest absolute Gasteiger partial charge is 0.0469 e. The Morgan fingerprint density at radius 3 is 1.77 bits per heavy atom. The summed E-state index contributed by atoms with van der Waals surface area (Å²) < 4.78 is 0. The number of hydrogen-bond donors (Lipinski definition) is 0. The van der Waals surface area contributed by atoms with Gasteiger partial charge in [-0.25, -0.2) is 4.94 Å². The lowest BCUT2D eigenvalue weighted by molar-refractivity contribution is -0.385. The van der Waals surface area contributed by atoms with Gasteiger partial charge in [-0.15, -0.1) is 0 Å². The SMILES string of the molecule is CC(C)N(ON(C(C)C)C(C)(C)Cc1ccccc1)C(C)C. The van der Waals surface area contributed by atoms with Gasteiger partial charge in [-0.05, 0) is 67.4 Å². The van der Waals surface area contributed by atoms with E-state index in [1.54, 1.807) is 0 Å². The molecule has 0 amide bonds. The highest BCUT2D eigenvalue weighted by atomic mass is 16.8. The molecule has 0 aliphatic carbocycles. The summed E-state index contributed by atoms with van der Waals surface area (Å²) in [4.78, 5) is 6.34. The molecule has 0 unspecified atom stereocenters. The normalized spacial score (nSPS) is 13.1. The zero-order valence-corrected chi connectivity index (χ0v) is 15.6. The number of rotatable bonds is 8. The lowest BCUT2D eigenvalue weighted by Crippen LogP contribution is -2.54. The van der Waals surface area contributed by atoms with Gasteiger partial charge < -0.3 is 0 Å². The van der Waals surface area contributed by atoms with Crippen LogP contribution in [0.1, 0.15) is 61.0 Å². The predicted octanol–water partition coefficient (Wildman–Crippen LogP) is 4.68. The molecule has 0 aliphatic rings. The lowest BCUT2D eigenvalue weighted by atomic mass is 9.93. The third-order valence-corrected chi connectivity index (χ3v) is 3.75. The van der Waals surface area contributed by atoms with E-state index in [2.05, 4.69) is 95.8 Å². The van der Waals surface area contributed by atoms with E-state index in [4.69, 9.17) is 4.94 Å². The molecule has 1 rings (SSSR count). The molecule has 0 atom stereocenters. The van der Waals surface area contributed by atoms with Crippen molar-refractivity contribution in [2.24, 2.45) is 0 Å². The van der Waals surface area contributed by atoms with E-state index < -0.39 is 0 Å². The molecule has 3 heteroatoms. The Hall–Kier alpha value is -0.900. The molecule has 0 saturated heterocycles. The fourth-order valence-electron chi connectivity index (χ4n) is 2.96. The van der Waals surface area contributed by atoms with Crippen molar-refractivity contribution in [2.45, 2.75) is 85.5 Å². The van der Waals surface area contributed by atoms with E-state index in [-0.39, 0.29) is 5.54 Å². The van der Waals surface area contributed by atoms with E-state index >= 15 is 0 Å². The van der Waals surface area contributed by atoms with Gasteiger partial charge in [0.25, 0.3) is 0 Å². The molecule has 0 heterocycles. The largest absolute Gasteiger partial charge is 0.207 e. The topological polar surface area (TPSA) is 15.7 Å². The number of nitrogens with zero attached hydrogens (tertiary/aromatic N) is 2. The van der Waals surface area contributed by atoms with Gasteiger partial charge in [0.15, 0.2) is 0 Å². The van der Waals surface area contributed by atoms with Gasteiger partial charge in [0.05, 0.1) is 0 Å². The van der Waals surface area contributed by atoms with Gasteiger partial charge in [-0.3, -0.25) is 0 Å². The summed E-state index contributed by atoms with van der Waals surface area (Å²) in [6.07, 6.45) is 0.954. The molecular weight excluding hydrogens is 272 g/mol. The highest BCUT2D eigenvalue weighted by Gasteiger charge is 2.33. The minimum absolute atomic E-state index is 0.0858. The molecule has 22 heavy (non-hydrogen) atoms. The van der Waals surface area contributed by atoms with Crippen LogP contribution in [0.5, 0.6) is 0 Å². The van der Waals surface area contributed by atoms with Crippen LogP contribution in [0.15, 0.2) is 30.3 Å². The van der Waals surface area contributed by atoms with Gasteiger partial charge in [0.2, 0.25) is 0 Å². The predicted molar refractivity (Wildman–Crippen MR) is 94.4 cm³/mol. The average Bonchev–Trinajstić information content (AvgIpc) is 2.37. The maximum Gasteiger partial charge on any atom is 0.0469 e. The van der Waals surface area contributed by atoms with Crippen molar-refractivity contribution in [1.29, 1.82) is 0 Å². The van der Waals surface area contributed by atoms with Crippen LogP contribution in [0, 0.1) is 0 Å². The summed E-state index contributed by atoms with van der Waals surface area (Å²) in [5.41, 5.74) is 1.25. The van der Waals surface area contributed by atoms with Crippen molar-refractivity contribution in [3.05, 3.63) is 35.9 Å². The Morgan fingerprint density at radius 1 is 0.864 bits per heavy atom. The monoisotopic (exact) mass is 306 g/mol. The Kier molecular flexibility index (Phi) is 7.04. The quantitative estimate of drug-likeness (QED) is 0.648. The first kappa shape index (κ1) is 19.1. The van der Waals surface area contributed by atoms with E-state index in [1.807, 2.05) is 0 Å². The van der Waals surface area contributed by atoms with E-state index in [0.29, 0.717) is 18.1 Å². The van der Waals surface area contributed by atoms with Gasteiger partial charge in [0, 0.05) is 23.7 Å². The number of hydrogen-bond acceptors (Lipinski definition) is 3. The second kappa shape index (κ2) is 8.09. The second-order valence-corrected chi connectivity index (χ2v) is 7.52. The minimum Gasteiger partial charge on any atom is -0.207 e. The molecule has 1 aromatic carbocycles. The molecule has 0 aromatic heterocycles. The molecule has 0 fully saturated rings. The molecule has 1 aromatic rings. The highest BCUT2D eigenvalue weighted by Crippen LogP contribution is 2.25. The summed E-state index contributed by atoms with van der Waals surface area (Å²) >= 11 is 0. The highest BCUT2D eigenvalue weighted by molar-refractivity contribution is 5.17. The van der Waals surface area contributed by atoms with Crippen LogP contribution in [0.25, 0.3) is 0 Å². The van der Waals surface area contributed by atoms with Crippen molar-refractivity contribution < 1.29 is 4.94 Å². The maximum absolute atomic E-state index is 6.34. The van der Waals surface area contributed by atoms with Gasteiger partial charge in [-0.1, -0.05) is 30.3 Å². The second-order valence-electron chi connectivity index (χ2n) is 7.52. The molecule has 0 saturated carbocycles. The zero-order chi connectivity index (χ0) is 16.9. The van der Waals surface area contributed by atoms with Crippen molar-refractivity contribution >= 4 is 0 Å². The third-order valence-electron chi connectivity index (χ3n) is 3.75. The fourth-order valence-corrected chi connectivity index (χ4v) is 2.96. The zero-order valence-electron chi connectivity index (χ0n) is 15.6. The maximum atomic E-state index is 6.34. The van der Waals surface area contributed by atoms with Crippen molar-refractivity contribution in [3.63, 3.8) is 0 Å². The minimum atomic E-state index is -0.0858. The number of benzene rings is 1. The molecule has 0 N–H and O–H groups in total. The summed E-state index contributed by atoms with van der Waals surface area (Å²) in [7, 11) is 0. The molecule has 3 nitrogen and oxygen atoms in total. The molecule has 0 radical (unpaired) electrons. The summed E-state index contributed by atoms with van der Waals surface area (Å²) in [5, 5.41) is 4.22. The first-order valence-corrected chi connectivity index (χ1v) is 8.45. The van der Waals surface area contributed by atoms with Crippen LogP contribution >= 0.6 is 0 Å². The van der Waals surface area contributed by atoms with Crippen LogP contribution in [-0.4, -0.2) is 33.8 Å². The van der Waals surface area contributed by atoms with Crippen molar-refractivity contribution in [3.8, 4) is 0 Å². The lowest BCUT2D eigenvalue weighted by Gasteiger charge is -2.44. The van der Waals surface area contributed by atoms with E-state index in [9.17, 15) is 0 Å². The molecule has 0 spiro atoms. The Balaban J connectivity index is 2.92. The Labute approximate surface area is 137 Å². The van der Waals surface area contributed by atoms with Crippen molar-refractivity contribution in [2.75, 3.05) is 0 Å². The Bertz CT molecular complexity index is 418. The Morgan fingerprint density at radius 2 is 1.36 bits per heavy atom. The molecular formula is C19H34N2O. The van der Waals surface area contributed by atoms with E-state index in [0.717, 1.165) is 6.42 Å². The van der Waals surface area contributed by atoms with Crippen LogP contribution in [0.4, 0.5) is 0 Å². The van der Waals surface area contributed by atoms with Crippen LogP contribution in [-0.2, 0) is 11.4 Å². The summed E-state index contributed by atoms with van der Waals surface area (Å²) in [5.74, 6) is 0. The summed E-state index contributed by atoms with van der Waals surface area (Å²) in [6, 6.07) is 11.6. The molecule has 0 aliphatic heterocycles. The first-order chi connectivity index (χ1) is 10.1. The summed E-state index contributed by atoms with van der Waals surface area (Å²) in [6.45, 7) is 17.5. The van der Waals surface area contributed by atoms with Crippen molar-refractivity contribution in [1.82, 2.24) is 10.1 Å². The van der Waals surface area contributed by atoms with Crippen LogP contribution < -0.4 is 0 Å². The van der Waals surface area contributed by atoms with Gasteiger partial charge in [0.1, 0.15) is 0 Å². The van der Waals surface area contributed by atoms with Crippen LogP contribution in [0.2, 0.25) is 0 Å². The van der Waals surface area contributed by atoms with Gasteiger partial charge >= 0.3 is 0 Å². The standard InChI is InChI=1S/C19H34N2O/c1-15(2)20(16(3)4)22-21(17(5)6)19(7,8)14-18-12-10-9-11-13-18/h9-13,15-17H,14H2,1-8H3. The van der Waals surface area contributed by atoms with Gasteiger partial charge in [-0.2, -0.15) is 10.1 Å². The molecule has 0 bridgehead atoms. The van der Waals surface area contributed by atoms with Crippen LogP contribution in [0.3, 0.4) is 0 Å². The average molecular weight is 306 g/mol. The number of hydroxylamine groups is 4. The molecule has 126 valence electrons.